The number of phenols is 1. The summed E-state index contributed by atoms with van der Waals surface area (Å²) in [5.74, 6) is -0.700. The summed E-state index contributed by atoms with van der Waals surface area (Å²) in [5, 5.41) is 42.5. The van der Waals surface area contributed by atoms with Crippen molar-refractivity contribution < 1.29 is 49.1 Å². The molecule has 0 aliphatic rings. The van der Waals surface area contributed by atoms with Gasteiger partial charge in [-0.3, -0.25) is 13.7 Å². The summed E-state index contributed by atoms with van der Waals surface area (Å²) in [6, 6.07) is 16.2. The Labute approximate surface area is 315 Å². The molecular formula is C31H24ClN9O11S3. The molecule has 0 fully saturated rings. The van der Waals surface area contributed by atoms with Crippen molar-refractivity contribution in [2.75, 3.05) is 23.8 Å². The van der Waals surface area contributed by atoms with Crippen molar-refractivity contribution in [1.82, 2.24) is 15.0 Å². The van der Waals surface area contributed by atoms with Crippen molar-refractivity contribution >= 4 is 104 Å². The molecule has 0 unspecified atom stereocenters. The number of aliphatic hydroxyl groups excluding tert-OH is 1. The van der Waals surface area contributed by atoms with Crippen molar-refractivity contribution in [2.45, 2.75) is 14.7 Å². The quantitative estimate of drug-likeness (QED) is 0.0529. The number of azo groups is 2. The maximum Gasteiger partial charge on any atom is 0.296 e. The number of hydrogen-bond donors (Lipinski definition) is 7. The van der Waals surface area contributed by atoms with Crippen LogP contribution in [0.25, 0.3) is 21.5 Å². The zero-order valence-corrected chi connectivity index (χ0v) is 30.5. The molecule has 55 heavy (non-hydrogen) atoms. The molecule has 0 amide bonds. The molecule has 6 rings (SSSR count). The minimum absolute atomic E-state index is 0.0149. The van der Waals surface area contributed by atoms with Gasteiger partial charge in [-0.1, -0.05) is 12.1 Å². The fourth-order valence-electron chi connectivity index (χ4n) is 5.03. The summed E-state index contributed by atoms with van der Waals surface area (Å²) in [4.78, 5) is 10.3. The Bertz CT molecular complexity index is 2900. The number of anilines is 3. The van der Waals surface area contributed by atoms with E-state index in [9.17, 15) is 44.0 Å². The number of hydrogen-bond acceptors (Lipinski definition) is 17. The minimum atomic E-state index is -5.03. The van der Waals surface area contributed by atoms with Crippen molar-refractivity contribution in [2.24, 2.45) is 20.5 Å². The smallest absolute Gasteiger partial charge is 0.296 e. The second-order valence-corrected chi connectivity index (χ2v) is 15.7. The van der Waals surface area contributed by atoms with E-state index in [1.54, 1.807) is 0 Å². The molecule has 0 bridgehead atoms. The molecule has 0 spiro atoms. The van der Waals surface area contributed by atoms with Gasteiger partial charge in [-0.2, -0.15) is 45.3 Å². The van der Waals surface area contributed by atoms with Crippen LogP contribution >= 0.6 is 11.6 Å². The van der Waals surface area contributed by atoms with Gasteiger partial charge in [0.2, 0.25) is 17.2 Å². The van der Waals surface area contributed by atoms with E-state index in [1.807, 2.05) is 0 Å². The minimum Gasteiger partial charge on any atom is -0.505 e. The van der Waals surface area contributed by atoms with Gasteiger partial charge in [0.15, 0.2) is 5.75 Å². The van der Waals surface area contributed by atoms with Gasteiger partial charge in [-0.25, -0.2) is 0 Å². The second-order valence-electron chi connectivity index (χ2n) is 11.2. The molecule has 20 nitrogen and oxygen atoms in total. The van der Waals surface area contributed by atoms with Crippen molar-refractivity contribution in [3.8, 4) is 5.75 Å². The van der Waals surface area contributed by atoms with Crippen LogP contribution in [0.5, 0.6) is 5.75 Å². The third kappa shape index (κ3) is 8.96. The van der Waals surface area contributed by atoms with Crippen LogP contribution in [-0.2, 0) is 30.4 Å². The summed E-state index contributed by atoms with van der Waals surface area (Å²) in [6.45, 7) is -0.0790. The maximum absolute atomic E-state index is 12.5. The van der Waals surface area contributed by atoms with Crippen LogP contribution in [0.15, 0.2) is 114 Å². The Balaban J connectivity index is 1.43. The predicted octanol–water partition coefficient (Wildman–Crippen LogP) is 6.26. The highest BCUT2D eigenvalue weighted by molar-refractivity contribution is 7.86. The average Bonchev–Trinajstić information content (AvgIpc) is 3.11. The fourth-order valence-corrected chi connectivity index (χ4v) is 6.83. The zero-order valence-electron chi connectivity index (χ0n) is 27.3. The highest BCUT2D eigenvalue weighted by Gasteiger charge is 2.23. The molecule has 0 saturated carbocycles. The van der Waals surface area contributed by atoms with E-state index in [0.29, 0.717) is 0 Å². The molecule has 6 aromatic rings. The average molecular weight is 830 g/mol. The van der Waals surface area contributed by atoms with Crippen LogP contribution < -0.4 is 10.6 Å². The number of halogens is 1. The lowest BCUT2D eigenvalue weighted by molar-refractivity contribution is 0.310. The van der Waals surface area contributed by atoms with Gasteiger partial charge >= 0.3 is 0 Å². The monoisotopic (exact) mass is 829 g/mol. The largest absolute Gasteiger partial charge is 0.505 e. The summed E-state index contributed by atoms with van der Waals surface area (Å²) in [5.41, 5.74) is -0.202. The Hall–Kier alpha value is -5.79. The molecule has 0 saturated heterocycles. The lowest BCUT2D eigenvalue weighted by atomic mass is 10.1. The lowest BCUT2D eigenvalue weighted by Gasteiger charge is -2.12. The van der Waals surface area contributed by atoms with Crippen LogP contribution in [0.2, 0.25) is 5.28 Å². The molecule has 1 aromatic heterocycles. The van der Waals surface area contributed by atoms with Crippen LogP contribution in [0.1, 0.15) is 0 Å². The number of phenolic OH excluding ortho intramolecular Hbond substituents is 1. The number of aliphatic hydroxyl groups is 1. The standard InChI is InChI=1S/C31H24ClN9O11S3/c32-29-35-30(33-11-12-42)37-31(36-29)34-18-2-1-16-13-26(55(50,51)52)27(28(43)22(16)14-18)41-40-25-10-9-24(21-8-7-20(15-23(21)25)54(47,48)49)39-38-17-3-5-19(6-4-17)53(44,45)46/h1-10,13-15,42-43H,11-12H2,(H,44,45,46)(H,47,48,49)(H,50,51,52)(H2,33,34,35,36,37)/b39-38+,41-40+. The van der Waals surface area contributed by atoms with Gasteiger partial charge in [0.05, 0.1) is 33.5 Å². The van der Waals surface area contributed by atoms with E-state index >= 15 is 0 Å². The molecule has 5 aromatic carbocycles. The molecule has 24 heteroatoms. The Morgan fingerprint density at radius 2 is 1.27 bits per heavy atom. The second kappa shape index (κ2) is 15.2. The van der Waals surface area contributed by atoms with Gasteiger partial charge in [-0.05, 0) is 83.7 Å². The summed E-state index contributed by atoms with van der Waals surface area (Å²) >= 11 is 5.99. The van der Waals surface area contributed by atoms with Crippen molar-refractivity contribution in [3.63, 3.8) is 0 Å². The zero-order chi connectivity index (χ0) is 39.7. The highest BCUT2D eigenvalue weighted by Crippen LogP contribution is 2.43. The van der Waals surface area contributed by atoms with Crippen LogP contribution in [0.4, 0.5) is 40.3 Å². The van der Waals surface area contributed by atoms with Crippen LogP contribution in [0.3, 0.4) is 0 Å². The molecule has 0 aliphatic carbocycles. The molecule has 0 aliphatic heterocycles. The lowest BCUT2D eigenvalue weighted by Crippen LogP contribution is -2.10. The predicted molar refractivity (Wildman–Crippen MR) is 197 cm³/mol. The third-order valence-corrected chi connectivity index (χ3v) is 10.2. The highest BCUT2D eigenvalue weighted by atomic mass is 35.5. The number of aromatic nitrogens is 3. The van der Waals surface area contributed by atoms with Crippen LogP contribution in [0, 0.1) is 0 Å². The summed E-state index contributed by atoms with van der Waals surface area (Å²) in [6.07, 6.45) is 0. The van der Waals surface area contributed by atoms with Crippen molar-refractivity contribution in [3.05, 3.63) is 84.1 Å². The number of nitrogens with zero attached hydrogens (tertiary/aromatic N) is 7. The van der Waals surface area contributed by atoms with E-state index in [2.05, 4.69) is 46.0 Å². The first-order valence-corrected chi connectivity index (χ1v) is 19.9. The first kappa shape index (κ1) is 38.9. The fraction of sp³-hybridized carbons (Fsp3) is 0.0645. The van der Waals surface area contributed by atoms with Gasteiger partial charge in [0.1, 0.15) is 10.6 Å². The number of nitrogens with one attached hydrogen (secondary N) is 2. The maximum atomic E-state index is 12.5. The molecule has 0 atom stereocenters. The normalized spacial score (nSPS) is 12.6. The van der Waals surface area contributed by atoms with Crippen LogP contribution in [-0.4, -0.2) is 77.2 Å². The number of benzene rings is 5. The van der Waals surface area contributed by atoms with Gasteiger partial charge in [-0.15, -0.1) is 15.3 Å². The topological polar surface area (TPSA) is 316 Å². The molecule has 0 radical (unpaired) electrons. The number of rotatable bonds is 12. The molecule has 284 valence electrons. The third-order valence-electron chi connectivity index (χ3n) is 7.50. The first-order valence-electron chi connectivity index (χ1n) is 15.2. The SMILES string of the molecule is O=S(=O)(O)c1ccc(/N=N/c2ccc(/N=N/c3c(S(=O)(=O)O)cc4ccc(Nc5nc(Cl)nc(NCCO)n5)cc4c3O)c3cc(S(=O)(=O)O)ccc23)cc1. The molecule has 7 N–H and O–H groups in total. The van der Waals surface area contributed by atoms with Gasteiger partial charge in [0, 0.05) is 28.4 Å². The first-order chi connectivity index (χ1) is 25.9. The van der Waals surface area contributed by atoms with E-state index in [1.165, 1.54) is 48.5 Å². The van der Waals surface area contributed by atoms with Crippen molar-refractivity contribution in [1.29, 1.82) is 0 Å². The molecule has 1 heterocycles. The molecular weight excluding hydrogens is 806 g/mol. The summed E-state index contributed by atoms with van der Waals surface area (Å²) in [7, 11) is -14.2. The van der Waals surface area contributed by atoms with Gasteiger partial charge in [0.25, 0.3) is 30.4 Å². The Kier molecular flexibility index (Phi) is 10.7. The van der Waals surface area contributed by atoms with Gasteiger partial charge < -0.3 is 20.8 Å². The van der Waals surface area contributed by atoms with E-state index in [4.69, 9.17) is 16.7 Å². The summed E-state index contributed by atoms with van der Waals surface area (Å²) < 4.78 is 101. The Morgan fingerprint density at radius 3 is 1.93 bits per heavy atom. The van der Waals surface area contributed by atoms with E-state index in [-0.39, 0.29) is 79.5 Å². The number of fused-ring (bicyclic) bond motifs is 2. The van der Waals surface area contributed by atoms with E-state index in [0.717, 1.165) is 30.3 Å². The Morgan fingerprint density at radius 1 is 0.636 bits per heavy atom. The van der Waals surface area contributed by atoms with E-state index < -0.39 is 51.6 Å². The number of aromatic hydroxyl groups is 1.